The molecule has 1 nitrogen and oxygen atoms in total. The van der Waals surface area contributed by atoms with Gasteiger partial charge >= 0.3 is 4.24 Å². The lowest BCUT2D eigenvalue weighted by Crippen LogP contribution is -2.14. The van der Waals surface area contributed by atoms with E-state index in [0.717, 1.165) is 12.4 Å². The number of hydrogen-bond donors (Lipinski definition) is 0. The average Bonchev–Trinajstić information content (AvgIpc) is 2.28. The third kappa shape index (κ3) is 4.00. The third-order valence-corrected chi connectivity index (χ3v) is 6.11. The molecule has 0 aliphatic heterocycles. The number of rotatable bonds is 5. The molecule has 0 radical (unpaired) electrons. The van der Waals surface area contributed by atoms with Gasteiger partial charge in [-0.15, -0.1) is 0 Å². The molecule has 17 heavy (non-hydrogen) atoms. The van der Waals surface area contributed by atoms with Gasteiger partial charge in [-0.2, -0.15) is 0 Å². The van der Waals surface area contributed by atoms with Crippen molar-refractivity contribution in [3.05, 3.63) is 40.1 Å². The minimum Gasteiger partial charge on any atom is -0.485 e. The van der Waals surface area contributed by atoms with E-state index in [4.69, 9.17) is 4.74 Å². The zero-order valence-electron chi connectivity index (χ0n) is 11.3. The highest BCUT2D eigenvalue weighted by atomic mass is 32.3. The van der Waals surface area contributed by atoms with Crippen LogP contribution in [0.15, 0.2) is 34.6 Å². The Morgan fingerprint density at radius 1 is 1.00 bits per heavy atom. The predicted octanol–water partition coefficient (Wildman–Crippen LogP) is 3.11. The summed E-state index contributed by atoms with van der Waals surface area (Å²) in [4.78, 5) is 0. The Bertz CT molecular complexity index is 359. The molecular weight excluding hydrogens is 248 g/mol. The van der Waals surface area contributed by atoms with Crippen molar-refractivity contribution in [3.63, 3.8) is 0 Å². The first-order valence-electron chi connectivity index (χ1n) is 5.65. The summed E-state index contributed by atoms with van der Waals surface area (Å²) in [6.07, 6.45) is 9.07. The zero-order valence-corrected chi connectivity index (χ0v) is 13.0. The Kier molecular flexibility index (Phi) is 6.00. The van der Waals surface area contributed by atoms with Crippen molar-refractivity contribution in [3.8, 4) is 0 Å². The molecule has 0 heterocycles. The topological polar surface area (TPSA) is 9.23 Å². The van der Waals surface area contributed by atoms with Gasteiger partial charge in [-0.1, -0.05) is 30.3 Å². The van der Waals surface area contributed by atoms with Crippen molar-refractivity contribution in [1.29, 1.82) is 0 Å². The van der Waals surface area contributed by atoms with Gasteiger partial charge in [0.05, 0.1) is 28.4 Å². The minimum atomic E-state index is 0.251. The van der Waals surface area contributed by atoms with Crippen LogP contribution in [0.5, 0.6) is 0 Å². The highest BCUT2D eigenvalue weighted by Gasteiger charge is 2.33. The molecule has 0 bridgehead atoms. The molecule has 0 spiro atoms. The Morgan fingerprint density at radius 2 is 1.53 bits per heavy atom. The average molecular weight is 270 g/mol. The van der Waals surface area contributed by atoms with Gasteiger partial charge in [0.2, 0.25) is 5.76 Å². The van der Waals surface area contributed by atoms with Crippen LogP contribution in [0.2, 0.25) is 0 Å². The molecule has 0 aromatic heterocycles. The fraction of sp³-hybridized carbons (Fsp3) is 0.429. The standard InChI is InChI=1S/C14H22OS2/c1-6-15-13(12-10-8-7-9-11-12)14(16(2)3)17(4)5/h7-11H,6H2,1-5H3/q+2. The second-order valence-corrected chi connectivity index (χ2v) is 8.39. The van der Waals surface area contributed by atoms with Crippen molar-refractivity contribution in [2.45, 2.75) is 6.92 Å². The first-order chi connectivity index (χ1) is 8.07. The summed E-state index contributed by atoms with van der Waals surface area (Å²) in [5.74, 6) is 1.09. The van der Waals surface area contributed by atoms with Crippen LogP contribution in [-0.2, 0) is 26.5 Å². The predicted molar refractivity (Wildman–Crippen MR) is 83.4 cm³/mol. The van der Waals surface area contributed by atoms with Crippen LogP contribution in [0.4, 0.5) is 0 Å². The Hall–Kier alpha value is -0.540. The molecule has 0 N–H and O–H groups in total. The number of hydrogen-bond acceptors (Lipinski definition) is 1. The Balaban J connectivity index is 3.27. The Labute approximate surface area is 111 Å². The van der Waals surface area contributed by atoms with Gasteiger partial charge < -0.3 is 4.74 Å². The van der Waals surface area contributed by atoms with Crippen LogP contribution in [0, 0.1) is 0 Å². The molecule has 0 aliphatic rings. The van der Waals surface area contributed by atoms with E-state index in [9.17, 15) is 0 Å². The van der Waals surface area contributed by atoms with Gasteiger partial charge in [0.1, 0.15) is 25.0 Å². The minimum absolute atomic E-state index is 0.251. The number of ether oxygens (including phenoxy) is 1. The van der Waals surface area contributed by atoms with Crippen molar-refractivity contribution >= 4 is 27.5 Å². The van der Waals surface area contributed by atoms with Crippen molar-refractivity contribution in [1.82, 2.24) is 0 Å². The fourth-order valence-corrected chi connectivity index (χ4v) is 5.46. The summed E-state index contributed by atoms with van der Waals surface area (Å²) >= 11 is 0. The van der Waals surface area contributed by atoms with Crippen LogP contribution >= 0.6 is 0 Å². The maximum Gasteiger partial charge on any atom is 0.370 e. The largest absolute Gasteiger partial charge is 0.485 e. The summed E-state index contributed by atoms with van der Waals surface area (Å²) in [5, 5.41) is 0. The van der Waals surface area contributed by atoms with Crippen molar-refractivity contribution in [2.75, 3.05) is 31.6 Å². The normalized spacial score (nSPS) is 10.8. The molecular formula is C14H22OS2+2. The zero-order chi connectivity index (χ0) is 12.8. The highest BCUT2D eigenvalue weighted by Crippen LogP contribution is 2.27. The highest BCUT2D eigenvalue weighted by molar-refractivity contribution is 8.18. The Morgan fingerprint density at radius 3 is 1.94 bits per heavy atom. The van der Waals surface area contributed by atoms with Gasteiger partial charge in [0, 0.05) is 5.56 Å². The summed E-state index contributed by atoms with van der Waals surface area (Å²) in [6, 6.07) is 10.4. The molecule has 3 heteroatoms. The molecule has 0 atom stereocenters. The van der Waals surface area contributed by atoms with Crippen LogP contribution in [-0.4, -0.2) is 31.6 Å². The first kappa shape index (κ1) is 14.5. The molecule has 1 aromatic rings. The van der Waals surface area contributed by atoms with E-state index in [0.29, 0.717) is 0 Å². The van der Waals surface area contributed by atoms with Crippen molar-refractivity contribution in [2.24, 2.45) is 0 Å². The first-order valence-corrected chi connectivity index (χ1v) is 9.73. The molecule has 94 valence electrons. The van der Waals surface area contributed by atoms with E-state index in [-0.39, 0.29) is 21.8 Å². The van der Waals surface area contributed by atoms with Gasteiger partial charge in [0.25, 0.3) is 0 Å². The van der Waals surface area contributed by atoms with Crippen LogP contribution in [0.3, 0.4) is 0 Å². The lowest BCUT2D eigenvalue weighted by Gasteiger charge is -2.10. The van der Waals surface area contributed by atoms with E-state index in [1.807, 2.05) is 13.0 Å². The fourth-order valence-electron chi connectivity index (χ4n) is 1.70. The second kappa shape index (κ2) is 7.02. The van der Waals surface area contributed by atoms with Crippen LogP contribution < -0.4 is 0 Å². The number of benzene rings is 1. The maximum absolute atomic E-state index is 5.91. The summed E-state index contributed by atoms with van der Waals surface area (Å²) in [7, 11) is 0.503. The van der Waals surface area contributed by atoms with Gasteiger partial charge in [-0.3, -0.25) is 0 Å². The van der Waals surface area contributed by atoms with Crippen LogP contribution in [0.1, 0.15) is 12.5 Å². The van der Waals surface area contributed by atoms with Gasteiger partial charge in [-0.05, 0) is 6.92 Å². The van der Waals surface area contributed by atoms with Gasteiger partial charge in [-0.25, -0.2) is 0 Å². The smallest absolute Gasteiger partial charge is 0.370 e. The molecule has 1 rings (SSSR count). The second-order valence-electron chi connectivity index (χ2n) is 4.05. The SMILES string of the molecule is CCOC(=C([S+](C)C)[S+](C)C)c1ccccc1. The molecule has 0 unspecified atom stereocenters. The van der Waals surface area contributed by atoms with E-state index < -0.39 is 0 Å². The summed E-state index contributed by atoms with van der Waals surface area (Å²) in [5.41, 5.74) is 1.20. The van der Waals surface area contributed by atoms with E-state index in [1.165, 1.54) is 9.80 Å². The molecule has 0 fully saturated rings. The molecule has 0 saturated carbocycles. The monoisotopic (exact) mass is 270 g/mol. The quantitative estimate of drug-likeness (QED) is 0.590. The van der Waals surface area contributed by atoms with Gasteiger partial charge in [0.15, 0.2) is 0 Å². The van der Waals surface area contributed by atoms with E-state index >= 15 is 0 Å². The third-order valence-electron chi connectivity index (χ3n) is 2.25. The van der Waals surface area contributed by atoms with Crippen molar-refractivity contribution < 1.29 is 4.74 Å². The molecule has 0 amide bonds. The summed E-state index contributed by atoms with van der Waals surface area (Å²) < 4.78 is 7.36. The maximum atomic E-state index is 5.91. The van der Waals surface area contributed by atoms with E-state index in [1.54, 1.807) is 0 Å². The molecule has 0 aliphatic carbocycles. The lowest BCUT2D eigenvalue weighted by molar-refractivity contribution is 0.298. The molecule has 1 aromatic carbocycles. The van der Waals surface area contributed by atoms with E-state index in [2.05, 4.69) is 49.3 Å². The molecule has 0 saturated heterocycles. The lowest BCUT2D eigenvalue weighted by atomic mass is 10.2. The van der Waals surface area contributed by atoms with Crippen LogP contribution in [0.25, 0.3) is 5.76 Å². The summed E-state index contributed by atoms with van der Waals surface area (Å²) in [6.45, 7) is 2.77.